The SMILES string of the molecule is CCCN1C(=O)NC(c2cccc(NC(=O)C(C)(C)CCl)c2)C(C(=O)OCC(C)C)=C1C. The molecule has 0 aliphatic carbocycles. The van der Waals surface area contributed by atoms with Crippen LogP contribution in [0.2, 0.25) is 0 Å². The molecule has 1 aromatic rings. The summed E-state index contributed by atoms with van der Waals surface area (Å²) >= 11 is 5.91. The van der Waals surface area contributed by atoms with Crippen LogP contribution in [0.3, 0.4) is 0 Å². The van der Waals surface area contributed by atoms with Crippen LogP contribution in [0.4, 0.5) is 10.5 Å². The molecule has 0 aromatic heterocycles. The van der Waals surface area contributed by atoms with Crippen molar-refractivity contribution in [2.45, 2.75) is 54.0 Å². The Hall–Kier alpha value is -2.54. The maximum Gasteiger partial charge on any atom is 0.338 e. The third-order valence-electron chi connectivity index (χ3n) is 5.24. The smallest absolute Gasteiger partial charge is 0.338 e. The Bertz CT molecular complexity index is 895. The average Bonchev–Trinajstić information content (AvgIpc) is 2.74. The van der Waals surface area contributed by atoms with Crippen LogP contribution in [0.25, 0.3) is 0 Å². The number of rotatable bonds is 9. The van der Waals surface area contributed by atoms with Crippen LogP contribution in [-0.4, -0.2) is 41.8 Å². The molecule has 32 heavy (non-hydrogen) atoms. The molecule has 0 bridgehead atoms. The first-order valence-electron chi connectivity index (χ1n) is 10.9. The first-order valence-corrected chi connectivity index (χ1v) is 11.5. The predicted molar refractivity (Wildman–Crippen MR) is 126 cm³/mol. The van der Waals surface area contributed by atoms with Crippen LogP contribution in [0.1, 0.15) is 59.6 Å². The number of halogens is 1. The van der Waals surface area contributed by atoms with E-state index < -0.39 is 17.4 Å². The number of carbonyl (C=O) groups is 3. The molecule has 7 nitrogen and oxygen atoms in total. The van der Waals surface area contributed by atoms with Gasteiger partial charge in [-0.1, -0.05) is 32.9 Å². The zero-order chi connectivity index (χ0) is 24.1. The summed E-state index contributed by atoms with van der Waals surface area (Å²) < 4.78 is 5.52. The molecule has 0 fully saturated rings. The predicted octanol–water partition coefficient (Wildman–Crippen LogP) is 4.84. The lowest BCUT2D eigenvalue weighted by molar-refractivity contribution is -0.140. The summed E-state index contributed by atoms with van der Waals surface area (Å²) in [5, 5.41) is 5.80. The van der Waals surface area contributed by atoms with E-state index in [9.17, 15) is 14.4 Å². The van der Waals surface area contributed by atoms with Gasteiger partial charge < -0.3 is 15.4 Å². The van der Waals surface area contributed by atoms with Crippen molar-refractivity contribution in [2.75, 3.05) is 24.3 Å². The third kappa shape index (κ3) is 6.03. The van der Waals surface area contributed by atoms with E-state index in [1.54, 1.807) is 43.9 Å². The summed E-state index contributed by atoms with van der Waals surface area (Å²) in [6.07, 6.45) is 0.752. The zero-order valence-corrected chi connectivity index (χ0v) is 20.5. The Morgan fingerprint density at radius 1 is 1.31 bits per heavy atom. The maximum atomic E-state index is 13.0. The van der Waals surface area contributed by atoms with Gasteiger partial charge in [0, 0.05) is 23.8 Å². The van der Waals surface area contributed by atoms with Crippen LogP contribution in [0.15, 0.2) is 35.5 Å². The van der Waals surface area contributed by atoms with Crippen molar-refractivity contribution in [3.63, 3.8) is 0 Å². The Labute approximate surface area is 195 Å². The molecule has 0 saturated heterocycles. The zero-order valence-electron chi connectivity index (χ0n) is 19.8. The van der Waals surface area contributed by atoms with Crippen molar-refractivity contribution in [1.82, 2.24) is 10.2 Å². The fraction of sp³-hybridized carbons (Fsp3) is 0.542. The largest absolute Gasteiger partial charge is 0.462 e. The van der Waals surface area contributed by atoms with Gasteiger partial charge in [0.25, 0.3) is 0 Å². The molecule has 1 unspecified atom stereocenters. The van der Waals surface area contributed by atoms with Gasteiger partial charge in [-0.25, -0.2) is 9.59 Å². The standard InChI is InChI=1S/C24H34ClN3O4/c1-7-11-28-16(4)19(21(29)32-13-15(2)3)20(27-23(28)31)17-9-8-10-18(12-17)26-22(30)24(5,6)14-25/h8-10,12,15,20H,7,11,13-14H2,1-6H3,(H,26,30)(H,27,31). The molecule has 1 aromatic carbocycles. The summed E-state index contributed by atoms with van der Waals surface area (Å²) in [4.78, 5) is 39.9. The summed E-state index contributed by atoms with van der Waals surface area (Å²) in [5.41, 5.74) is 1.46. The highest BCUT2D eigenvalue weighted by molar-refractivity contribution is 6.20. The van der Waals surface area contributed by atoms with Crippen molar-refractivity contribution in [3.8, 4) is 0 Å². The Balaban J connectivity index is 2.43. The van der Waals surface area contributed by atoms with Crippen molar-refractivity contribution in [3.05, 3.63) is 41.1 Å². The van der Waals surface area contributed by atoms with Gasteiger partial charge in [-0.15, -0.1) is 11.6 Å². The lowest BCUT2D eigenvalue weighted by atomic mass is 9.93. The number of carbonyl (C=O) groups excluding carboxylic acids is 3. The topological polar surface area (TPSA) is 87.7 Å². The lowest BCUT2D eigenvalue weighted by Crippen LogP contribution is -2.48. The number of nitrogens with zero attached hydrogens (tertiary/aromatic N) is 1. The van der Waals surface area contributed by atoms with Gasteiger partial charge in [-0.05, 0) is 50.8 Å². The van der Waals surface area contributed by atoms with Crippen molar-refractivity contribution >= 4 is 35.2 Å². The van der Waals surface area contributed by atoms with E-state index in [4.69, 9.17) is 16.3 Å². The minimum absolute atomic E-state index is 0.179. The second-order valence-corrected chi connectivity index (χ2v) is 9.39. The molecule has 0 spiro atoms. The number of esters is 1. The van der Waals surface area contributed by atoms with Gasteiger partial charge in [0.1, 0.15) is 0 Å². The number of amides is 3. The number of hydrogen-bond acceptors (Lipinski definition) is 4. The van der Waals surface area contributed by atoms with Crippen molar-refractivity contribution in [2.24, 2.45) is 11.3 Å². The van der Waals surface area contributed by atoms with Gasteiger partial charge in [0.2, 0.25) is 5.91 Å². The van der Waals surface area contributed by atoms with Crippen LogP contribution < -0.4 is 10.6 Å². The fourth-order valence-corrected chi connectivity index (χ4v) is 3.39. The van der Waals surface area contributed by atoms with E-state index >= 15 is 0 Å². The number of nitrogens with one attached hydrogen (secondary N) is 2. The normalized spacial score (nSPS) is 16.8. The number of urea groups is 1. The molecular formula is C24H34ClN3O4. The summed E-state index contributed by atoms with van der Waals surface area (Å²) in [6, 6.07) is 6.14. The minimum Gasteiger partial charge on any atom is -0.462 e. The van der Waals surface area contributed by atoms with E-state index in [1.807, 2.05) is 26.8 Å². The van der Waals surface area contributed by atoms with E-state index in [1.165, 1.54) is 0 Å². The average molecular weight is 464 g/mol. The van der Waals surface area contributed by atoms with E-state index in [2.05, 4.69) is 10.6 Å². The molecule has 2 N–H and O–H groups in total. The summed E-state index contributed by atoms with van der Waals surface area (Å²) in [7, 11) is 0. The van der Waals surface area contributed by atoms with Crippen LogP contribution in [-0.2, 0) is 14.3 Å². The molecule has 3 amide bonds. The van der Waals surface area contributed by atoms with E-state index in [0.717, 1.165) is 6.42 Å². The highest BCUT2D eigenvalue weighted by Crippen LogP contribution is 2.33. The quantitative estimate of drug-likeness (QED) is 0.405. The molecule has 1 heterocycles. The molecule has 1 atom stereocenters. The monoisotopic (exact) mass is 463 g/mol. The number of allylic oxidation sites excluding steroid dienone is 1. The maximum absolute atomic E-state index is 13.0. The molecule has 1 aliphatic rings. The van der Waals surface area contributed by atoms with Crippen LogP contribution >= 0.6 is 11.6 Å². The number of ether oxygens (including phenoxy) is 1. The lowest BCUT2D eigenvalue weighted by Gasteiger charge is -2.35. The summed E-state index contributed by atoms with van der Waals surface area (Å²) in [6.45, 7) is 12.0. The van der Waals surface area contributed by atoms with Crippen LogP contribution in [0, 0.1) is 11.3 Å². The Kier molecular flexibility index (Phi) is 8.73. The fourth-order valence-electron chi connectivity index (χ4n) is 3.27. The highest BCUT2D eigenvalue weighted by Gasteiger charge is 2.36. The van der Waals surface area contributed by atoms with E-state index in [0.29, 0.717) is 29.1 Å². The molecule has 176 valence electrons. The van der Waals surface area contributed by atoms with Gasteiger partial charge >= 0.3 is 12.0 Å². The second kappa shape index (κ2) is 10.9. The molecule has 0 radical (unpaired) electrons. The second-order valence-electron chi connectivity index (χ2n) is 9.12. The first-order chi connectivity index (χ1) is 15.0. The minimum atomic E-state index is -0.737. The highest BCUT2D eigenvalue weighted by atomic mass is 35.5. The third-order valence-corrected chi connectivity index (χ3v) is 5.91. The van der Waals surface area contributed by atoms with Gasteiger partial charge in [0.15, 0.2) is 0 Å². The van der Waals surface area contributed by atoms with Crippen molar-refractivity contribution in [1.29, 1.82) is 0 Å². The van der Waals surface area contributed by atoms with E-state index in [-0.39, 0.29) is 30.3 Å². The Morgan fingerprint density at radius 3 is 2.59 bits per heavy atom. The number of anilines is 1. The van der Waals surface area contributed by atoms with Gasteiger partial charge in [0.05, 0.1) is 23.6 Å². The first kappa shape index (κ1) is 25.7. The number of alkyl halides is 1. The number of hydrogen-bond donors (Lipinski definition) is 2. The van der Waals surface area contributed by atoms with Gasteiger partial charge in [-0.2, -0.15) is 0 Å². The van der Waals surface area contributed by atoms with Crippen LogP contribution in [0.5, 0.6) is 0 Å². The molecule has 0 saturated carbocycles. The molecular weight excluding hydrogens is 430 g/mol. The summed E-state index contributed by atoms with van der Waals surface area (Å²) in [5.74, 6) is -0.306. The molecule has 2 rings (SSSR count). The number of benzene rings is 1. The van der Waals surface area contributed by atoms with Crippen molar-refractivity contribution < 1.29 is 19.1 Å². The Morgan fingerprint density at radius 2 is 2.00 bits per heavy atom. The van der Waals surface area contributed by atoms with Gasteiger partial charge in [-0.3, -0.25) is 9.69 Å². The molecule has 1 aliphatic heterocycles. The molecule has 8 heteroatoms.